The van der Waals surface area contributed by atoms with Crippen LogP contribution in [0.25, 0.3) is 11.0 Å². The van der Waals surface area contributed by atoms with Crippen molar-refractivity contribution in [2.75, 3.05) is 4.90 Å². The summed E-state index contributed by atoms with van der Waals surface area (Å²) in [5, 5.41) is 0.966. The molecule has 30 heavy (non-hydrogen) atoms. The standard InChI is InChI=1S/C26H26N2O2/c1-15-9-10-21-19(12-15)23-25(29-21)28(20-8-7-11-27-24(20)30-23)22-16(2)13-18(14-17(22)3)26(4,5)6/h7-14H,1-6H3. The molecule has 0 saturated heterocycles. The molecule has 0 fully saturated rings. The van der Waals surface area contributed by atoms with Crippen molar-refractivity contribution in [2.24, 2.45) is 0 Å². The molecule has 0 aliphatic carbocycles. The average molecular weight is 399 g/mol. The maximum absolute atomic E-state index is 6.35. The molecule has 0 atom stereocenters. The second-order valence-electron chi connectivity index (χ2n) is 9.21. The van der Waals surface area contributed by atoms with Crippen LogP contribution in [0.4, 0.5) is 17.3 Å². The maximum Gasteiger partial charge on any atom is 0.249 e. The quantitative estimate of drug-likeness (QED) is 0.291. The van der Waals surface area contributed by atoms with Gasteiger partial charge in [-0.1, -0.05) is 44.5 Å². The Morgan fingerprint density at radius 1 is 0.933 bits per heavy atom. The number of furan rings is 1. The van der Waals surface area contributed by atoms with E-state index in [2.05, 4.69) is 75.7 Å². The topological polar surface area (TPSA) is 38.5 Å². The number of hydrogen-bond donors (Lipinski definition) is 0. The molecule has 2 aromatic carbocycles. The minimum absolute atomic E-state index is 0.0839. The van der Waals surface area contributed by atoms with E-state index in [1.165, 1.54) is 16.7 Å². The monoisotopic (exact) mass is 398 g/mol. The highest BCUT2D eigenvalue weighted by atomic mass is 16.5. The first-order chi connectivity index (χ1) is 14.2. The van der Waals surface area contributed by atoms with Gasteiger partial charge in [-0.15, -0.1) is 0 Å². The summed E-state index contributed by atoms with van der Waals surface area (Å²) in [4.78, 5) is 6.67. The second-order valence-corrected chi connectivity index (χ2v) is 9.21. The molecule has 4 aromatic rings. The zero-order valence-electron chi connectivity index (χ0n) is 18.3. The summed E-state index contributed by atoms with van der Waals surface area (Å²) in [6.45, 7) is 13.1. The van der Waals surface area contributed by atoms with Gasteiger partial charge in [0.25, 0.3) is 0 Å². The number of ether oxygens (including phenoxy) is 1. The van der Waals surface area contributed by atoms with Crippen LogP contribution in [-0.2, 0) is 5.41 Å². The maximum atomic E-state index is 6.35. The van der Waals surface area contributed by atoms with Crippen molar-refractivity contribution in [3.8, 4) is 11.6 Å². The fourth-order valence-electron chi connectivity index (χ4n) is 4.22. The summed E-state index contributed by atoms with van der Waals surface area (Å²) in [7, 11) is 0. The number of anilines is 3. The van der Waals surface area contributed by atoms with Gasteiger partial charge >= 0.3 is 0 Å². The van der Waals surface area contributed by atoms with Crippen molar-refractivity contribution in [1.82, 2.24) is 4.98 Å². The number of aromatic nitrogens is 1. The SMILES string of the molecule is Cc1ccc2oc3c(c2c1)Oc1ncccc1N3c1c(C)cc(C(C)(C)C)cc1C. The molecule has 5 rings (SSSR count). The van der Waals surface area contributed by atoms with E-state index < -0.39 is 0 Å². The summed E-state index contributed by atoms with van der Waals surface area (Å²) in [5.41, 5.74) is 7.76. The molecule has 0 spiro atoms. The van der Waals surface area contributed by atoms with E-state index in [1.807, 2.05) is 18.2 Å². The zero-order valence-corrected chi connectivity index (χ0v) is 18.3. The van der Waals surface area contributed by atoms with Crippen LogP contribution in [0.1, 0.15) is 43.0 Å². The van der Waals surface area contributed by atoms with Crippen molar-refractivity contribution >= 4 is 28.2 Å². The molecule has 152 valence electrons. The van der Waals surface area contributed by atoms with Crippen molar-refractivity contribution in [2.45, 2.75) is 47.0 Å². The van der Waals surface area contributed by atoms with Gasteiger partial charge in [0.15, 0.2) is 0 Å². The minimum atomic E-state index is 0.0839. The number of nitrogens with zero attached hydrogens (tertiary/aromatic N) is 2. The van der Waals surface area contributed by atoms with Crippen molar-refractivity contribution < 1.29 is 9.15 Å². The Morgan fingerprint density at radius 3 is 2.37 bits per heavy atom. The van der Waals surface area contributed by atoms with E-state index in [0.29, 0.717) is 11.8 Å². The van der Waals surface area contributed by atoms with Gasteiger partial charge in [0.05, 0.1) is 11.1 Å². The van der Waals surface area contributed by atoms with Gasteiger partial charge in [-0.25, -0.2) is 4.98 Å². The Balaban J connectivity index is 1.80. The summed E-state index contributed by atoms with van der Waals surface area (Å²) in [5.74, 6) is 2.01. The number of rotatable bonds is 1. The smallest absolute Gasteiger partial charge is 0.249 e. The third kappa shape index (κ3) is 2.78. The van der Waals surface area contributed by atoms with Gasteiger partial charge in [0.2, 0.25) is 17.5 Å². The lowest BCUT2D eigenvalue weighted by Gasteiger charge is -2.32. The molecule has 0 N–H and O–H groups in total. The Hall–Kier alpha value is -3.27. The van der Waals surface area contributed by atoms with Crippen LogP contribution >= 0.6 is 0 Å². The first-order valence-electron chi connectivity index (χ1n) is 10.3. The fraction of sp³-hybridized carbons (Fsp3) is 0.269. The van der Waals surface area contributed by atoms with Crippen LogP contribution in [0.3, 0.4) is 0 Å². The molecule has 0 saturated carbocycles. The first-order valence-corrected chi connectivity index (χ1v) is 10.3. The van der Waals surface area contributed by atoms with E-state index in [4.69, 9.17) is 9.15 Å². The lowest BCUT2D eigenvalue weighted by molar-refractivity contribution is 0.446. The number of benzene rings is 2. The number of hydrogen-bond acceptors (Lipinski definition) is 4. The number of aryl methyl sites for hydroxylation is 3. The number of pyridine rings is 1. The van der Waals surface area contributed by atoms with E-state index in [9.17, 15) is 0 Å². The summed E-state index contributed by atoms with van der Waals surface area (Å²) in [6.07, 6.45) is 1.76. The zero-order chi connectivity index (χ0) is 21.2. The lowest BCUT2D eigenvalue weighted by atomic mass is 9.84. The lowest BCUT2D eigenvalue weighted by Crippen LogP contribution is -2.19. The summed E-state index contributed by atoms with van der Waals surface area (Å²) < 4.78 is 12.6. The first kappa shape index (κ1) is 18.7. The minimum Gasteiger partial charge on any atom is -0.436 e. The van der Waals surface area contributed by atoms with Crippen LogP contribution in [0.5, 0.6) is 11.6 Å². The Kier molecular flexibility index (Phi) is 3.97. The highest BCUT2D eigenvalue weighted by molar-refractivity contribution is 5.97. The van der Waals surface area contributed by atoms with Crippen LogP contribution in [-0.4, -0.2) is 4.98 Å². The summed E-state index contributed by atoms with van der Waals surface area (Å²) >= 11 is 0. The van der Waals surface area contributed by atoms with Crippen molar-refractivity contribution in [3.05, 3.63) is 70.9 Å². The molecule has 0 unspecified atom stereocenters. The molecule has 0 radical (unpaired) electrons. The third-order valence-corrected chi connectivity index (χ3v) is 5.76. The van der Waals surface area contributed by atoms with Crippen LogP contribution in [0.2, 0.25) is 0 Å². The van der Waals surface area contributed by atoms with Crippen molar-refractivity contribution in [3.63, 3.8) is 0 Å². The third-order valence-electron chi connectivity index (χ3n) is 5.76. The normalized spacial score (nSPS) is 13.2. The predicted molar refractivity (Wildman–Crippen MR) is 122 cm³/mol. The molecule has 1 aliphatic heterocycles. The van der Waals surface area contributed by atoms with Gasteiger partial charge in [-0.3, -0.25) is 4.90 Å². The predicted octanol–water partition coefficient (Wildman–Crippen LogP) is 7.63. The number of fused-ring (bicyclic) bond motifs is 4. The van der Waals surface area contributed by atoms with Gasteiger partial charge in [0, 0.05) is 6.20 Å². The molecule has 4 heteroatoms. The van der Waals surface area contributed by atoms with E-state index in [1.54, 1.807) is 6.20 Å². The van der Waals surface area contributed by atoms with E-state index in [0.717, 1.165) is 33.7 Å². The molecule has 2 aromatic heterocycles. The van der Waals surface area contributed by atoms with Crippen molar-refractivity contribution in [1.29, 1.82) is 0 Å². The molecule has 4 nitrogen and oxygen atoms in total. The fourth-order valence-corrected chi connectivity index (χ4v) is 4.22. The second kappa shape index (κ2) is 6.36. The molecule has 0 amide bonds. The molecule has 3 heterocycles. The van der Waals surface area contributed by atoms with Crippen LogP contribution in [0.15, 0.2) is 53.1 Å². The molecular weight excluding hydrogens is 372 g/mol. The van der Waals surface area contributed by atoms with Crippen LogP contribution in [0, 0.1) is 20.8 Å². The largest absolute Gasteiger partial charge is 0.436 e. The van der Waals surface area contributed by atoms with Gasteiger partial charge in [-0.2, -0.15) is 0 Å². The van der Waals surface area contributed by atoms with Gasteiger partial charge in [-0.05, 0) is 67.1 Å². The van der Waals surface area contributed by atoms with E-state index >= 15 is 0 Å². The molecule has 0 bridgehead atoms. The molecule has 1 aliphatic rings. The Morgan fingerprint density at radius 2 is 1.67 bits per heavy atom. The highest BCUT2D eigenvalue weighted by Gasteiger charge is 2.34. The highest BCUT2D eigenvalue weighted by Crippen LogP contribution is 2.55. The summed E-state index contributed by atoms with van der Waals surface area (Å²) in [6, 6.07) is 14.7. The van der Waals surface area contributed by atoms with Gasteiger partial charge < -0.3 is 9.15 Å². The Labute approximate surface area is 177 Å². The van der Waals surface area contributed by atoms with E-state index in [-0.39, 0.29) is 5.41 Å². The van der Waals surface area contributed by atoms with Crippen LogP contribution < -0.4 is 9.64 Å². The average Bonchev–Trinajstić information content (AvgIpc) is 3.03. The molecular formula is C26H26N2O2. The Bertz CT molecular complexity index is 1270. The van der Waals surface area contributed by atoms with Gasteiger partial charge in [0.1, 0.15) is 11.3 Å².